The van der Waals surface area contributed by atoms with Crippen LogP contribution in [-0.2, 0) is 14.9 Å². The standard InChI is InChI=1S/C32H49ClN6O3/c1-5-6-7-8-9-10-11-12-13-14-15-16-22-42-26(40)20-21-34-31(41)35-25-19-17-18-24(23-25)29-36-30-27(33)28(32(2,3)4)37-39(30)38-29/h17-19,23H,5-16,20-22H2,1-4H3,(H,36,38)(H2,34,35,41). The second-order valence-electron chi connectivity index (χ2n) is 12.0. The summed E-state index contributed by atoms with van der Waals surface area (Å²) in [5.74, 6) is 0.288. The van der Waals surface area contributed by atoms with Crippen molar-refractivity contribution >= 4 is 34.9 Å². The first-order chi connectivity index (χ1) is 20.2. The fraction of sp³-hybridized carbons (Fsp3) is 0.625. The third-order valence-electron chi connectivity index (χ3n) is 7.22. The van der Waals surface area contributed by atoms with Gasteiger partial charge in [0.15, 0.2) is 11.5 Å². The van der Waals surface area contributed by atoms with Crippen molar-refractivity contribution in [2.45, 2.75) is 117 Å². The maximum absolute atomic E-state index is 12.4. The number of nitrogens with one attached hydrogen (secondary N) is 3. The number of hydrogen-bond acceptors (Lipinski definition) is 5. The van der Waals surface area contributed by atoms with E-state index in [1.807, 2.05) is 32.9 Å². The summed E-state index contributed by atoms with van der Waals surface area (Å²) >= 11 is 6.54. The second kappa shape index (κ2) is 17.1. The fourth-order valence-electron chi connectivity index (χ4n) is 4.81. The average Bonchev–Trinajstić information content (AvgIpc) is 3.51. The molecule has 2 heterocycles. The molecule has 232 valence electrons. The highest BCUT2D eigenvalue weighted by Crippen LogP contribution is 2.32. The zero-order valence-corrected chi connectivity index (χ0v) is 26.6. The monoisotopic (exact) mass is 600 g/mol. The number of fused-ring (bicyclic) bond motifs is 1. The third kappa shape index (κ3) is 11.0. The van der Waals surface area contributed by atoms with Crippen LogP contribution in [0.5, 0.6) is 0 Å². The van der Waals surface area contributed by atoms with Crippen LogP contribution in [0.3, 0.4) is 0 Å². The highest BCUT2D eigenvalue weighted by atomic mass is 35.5. The van der Waals surface area contributed by atoms with Crippen molar-refractivity contribution in [1.29, 1.82) is 0 Å². The molecule has 0 fully saturated rings. The van der Waals surface area contributed by atoms with Crippen molar-refractivity contribution in [3.8, 4) is 11.4 Å². The lowest BCUT2D eigenvalue weighted by Gasteiger charge is -2.14. The summed E-state index contributed by atoms with van der Waals surface area (Å²) < 4.78 is 6.82. The molecular weight excluding hydrogens is 552 g/mol. The Morgan fingerprint density at radius 3 is 2.21 bits per heavy atom. The predicted octanol–water partition coefficient (Wildman–Crippen LogP) is 8.43. The molecule has 3 rings (SSSR count). The van der Waals surface area contributed by atoms with Gasteiger partial charge in [-0.3, -0.25) is 4.79 Å². The molecule has 0 aliphatic carbocycles. The van der Waals surface area contributed by atoms with Crippen LogP contribution >= 0.6 is 11.6 Å². The number of hydrogen-bond donors (Lipinski definition) is 3. The summed E-state index contributed by atoms with van der Waals surface area (Å²) in [6.07, 6.45) is 15.3. The summed E-state index contributed by atoms with van der Waals surface area (Å²) in [5, 5.41) is 15.1. The number of nitrogens with zero attached hydrogens (tertiary/aromatic N) is 3. The maximum Gasteiger partial charge on any atom is 0.319 e. The number of ether oxygens (including phenoxy) is 1. The Hall–Kier alpha value is -3.07. The van der Waals surface area contributed by atoms with Crippen LogP contribution in [0.1, 0.15) is 117 Å². The molecule has 9 nitrogen and oxygen atoms in total. The number of anilines is 1. The summed E-state index contributed by atoms with van der Waals surface area (Å²) in [7, 11) is 0. The first-order valence-corrected chi connectivity index (χ1v) is 16.0. The normalized spacial score (nSPS) is 11.6. The van der Waals surface area contributed by atoms with Gasteiger partial charge in [-0.25, -0.2) is 4.79 Å². The molecular formula is C32H49ClN6O3. The molecule has 0 saturated heterocycles. The summed E-state index contributed by atoms with van der Waals surface area (Å²) in [4.78, 5) is 27.6. The van der Waals surface area contributed by atoms with E-state index in [9.17, 15) is 9.59 Å². The molecule has 0 saturated carbocycles. The van der Waals surface area contributed by atoms with Crippen molar-refractivity contribution in [3.05, 3.63) is 35.0 Å². The minimum Gasteiger partial charge on any atom is -0.466 e. The van der Waals surface area contributed by atoms with E-state index in [-0.39, 0.29) is 24.3 Å². The van der Waals surface area contributed by atoms with E-state index in [1.165, 1.54) is 68.8 Å². The number of H-pyrrole nitrogens is 1. The van der Waals surface area contributed by atoms with Gasteiger partial charge in [0.05, 0.1) is 18.7 Å². The maximum atomic E-state index is 12.4. The lowest BCUT2D eigenvalue weighted by atomic mass is 9.92. The molecule has 2 amide bonds. The SMILES string of the molecule is CCCCCCCCCCCCCCOC(=O)CCNC(=O)Nc1cccc(-c2nn3nc(C(C)(C)C)c(Cl)c3[nH]2)c1. The smallest absolute Gasteiger partial charge is 0.319 e. The van der Waals surface area contributed by atoms with Gasteiger partial charge in [-0.15, -0.1) is 9.73 Å². The zero-order valence-electron chi connectivity index (χ0n) is 25.9. The Morgan fingerprint density at radius 2 is 1.60 bits per heavy atom. The van der Waals surface area contributed by atoms with Crippen molar-refractivity contribution in [2.75, 3.05) is 18.5 Å². The van der Waals surface area contributed by atoms with E-state index in [0.717, 1.165) is 24.1 Å². The zero-order chi connectivity index (χ0) is 30.4. The van der Waals surface area contributed by atoms with Crippen LogP contribution in [0.2, 0.25) is 5.02 Å². The largest absolute Gasteiger partial charge is 0.466 e. The van der Waals surface area contributed by atoms with E-state index >= 15 is 0 Å². The summed E-state index contributed by atoms with van der Waals surface area (Å²) in [5.41, 5.74) is 2.56. The van der Waals surface area contributed by atoms with Crippen LogP contribution in [0.15, 0.2) is 24.3 Å². The highest BCUT2D eigenvalue weighted by Gasteiger charge is 2.25. The first-order valence-electron chi connectivity index (χ1n) is 15.6. The molecule has 42 heavy (non-hydrogen) atoms. The highest BCUT2D eigenvalue weighted by molar-refractivity contribution is 6.34. The number of aromatic amines is 1. The van der Waals surface area contributed by atoms with Gasteiger partial charge in [0.2, 0.25) is 0 Å². The minimum absolute atomic E-state index is 0.134. The van der Waals surface area contributed by atoms with Crippen molar-refractivity contribution in [3.63, 3.8) is 0 Å². The van der Waals surface area contributed by atoms with E-state index in [2.05, 4.69) is 32.7 Å². The number of halogens is 1. The molecule has 0 aliphatic rings. The van der Waals surface area contributed by atoms with Gasteiger partial charge < -0.3 is 20.4 Å². The Morgan fingerprint density at radius 1 is 0.952 bits per heavy atom. The molecule has 0 radical (unpaired) electrons. The van der Waals surface area contributed by atoms with E-state index in [1.54, 1.807) is 12.1 Å². The van der Waals surface area contributed by atoms with Gasteiger partial charge in [0, 0.05) is 23.2 Å². The van der Waals surface area contributed by atoms with Crippen molar-refractivity contribution in [1.82, 2.24) is 25.1 Å². The fourth-order valence-corrected chi connectivity index (χ4v) is 5.25. The lowest BCUT2D eigenvalue weighted by Crippen LogP contribution is -2.30. The number of carbonyl (C=O) groups is 2. The van der Waals surface area contributed by atoms with Gasteiger partial charge in [0.25, 0.3) is 0 Å². The Kier molecular flexibility index (Phi) is 13.6. The number of benzene rings is 1. The van der Waals surface area contributed by atoms with Crippen molar-refractivity contribution in [2.24, 2.45) is 0 Å². The number of rotatable bonds is 18. The number of urea groups is 1. The van der Waals surface area contributed by atoms with E-state index < -0.39 is 6.03 Å². The van der Waals surface area contributed by atoms with Gasteiger partial charge in [-0.2, -0.15) is 5.10 Å². The van der Waals surface area contributed by atoms with Gasteiger partial charge >= 0.3 is 12.0 Å². The molecule has 1 aromatic carbocycles. The van der Waals surface area contributed by atoms with Crippen LogP contribution < -0.4 is 10.6 Å². The molecule has 10 heteroatoms. The van der Waals surface area contributed by atoms with E-state index in [0.29, 0.717) is 28.8 Å². The Bertz CT molecular complexity index is 1260. The van der Waals surface area contributed by atoms with Crippen molar-refractivity contribution < 1.29 is 14.3 Å². The molecule has 0 atom stereocenters. The summed E-state index contributed by atoms with van der Waals surface area (Å²) in [6.45, 7) is 9.04. The molecule has 3 aromatic rings. The topological polar surface area (TPSA) is 113 Å². The van der Waals surface area contributed by atoms with E-state index in [4.69, 9.17) is 16.3 Å². The molecule has 2 aromatic heterocycles. The second-order valence-corrected chi connectivity index (χ2v) is 12.4. The number of aromatic nitrogens is 4. The average molecular weight is 601 g/mol. The first kappa shape index (κ1) is 33.4. The number of unbranched alkanes of at least 4 members (excludes halogenated alkanes) is 11. The van der Waals surface area contributed by atoms with Crippen LogP contribution in [0, 0.1) is 0 Å². The number of esters is 1. The predicted molar refractivity (Wildman–Crippen MR) is 170 cm³/mol. The minimum atomic E-state index is -0.395. The number of amides is 2. The Labute approximate surface area is 255 Å². The van der Waals surface area contributed by atoms with Crippen LogP contribution in [-0.4, -0.2) is 45.0 Å². The molecule has 3 N–H and O–H groups in total. The molecule has 0 spiro atoms. The van der Waals surface area contributed by atoms with Crippen LogP contribution in [0.4, 0.5) is 10.5 Å². The molecule has 0 unspecified atom stereocenters. The van der Waals surface area contributed by atoms with Gasteiger partial charge in [-0.1, -0.05) is 122 Å². The third-order valence-corrected chi connectivity index (χ3v) is 7.58. The van der Waals surface area contributed by atoms with Gasteiger partial charge in [0.1, 0.15) is 5.02 Å². The lowest BCUT2D eigenvalue weighted by molar-refractivity contribution is -0.143. The Balaban J connectivity index is 1.28. The quantitative estimate of drug-likeness (QED) is 0.100. The molecule has 0 bridgehead atoms. The van der Waals surface area contributed by atoms with Crippen LogP contribution in [0.25, 0.3) is 17.0 Å². The van der Waals surface area contributed by atoms with Gasteiger partial charge in [-0.05, 0) is 18.6 Å². The molecule has 0 aliphatic heterocycles. The summed E-state index contributed by atoms with van der Waals surface area (Å²) in [6, 6.07) is 6.90. The number of carbonyl (C=O) groups excluding carboxylic acids is 2.